The molecule has 1 heterocycles. The number of rotatable bonds is 10. The van der Waals surface area contributed by atoms with Crippen LogP contribution in [0.25, 0.3) is 0 Å². The molecular weight excluding hydrogens is 489 g/mol. The number of halogens is 2. The standard InChI is InChI=1S/C26H29ClFN3O5/c27-19-10-6-9-18(25(19)28)16-36-24-13-21(26(33)34)30-31(24)14-23(32)29-20-11-4-5-12-22(20)35-15-17-7-2-1-3-8-17/h1-3,6-10,13,20,22,26,33-34H,4-5,11-12,14-16H2,(H,29,32)/t20-,22-/m0/s1. The zero-order valence-electron chi connectivity index (χ0n) is 19.6. The normalized spacial score (nSPS) is 17.8. The van der Waals surface area contributed by atoms with E-state index in [-0.39, 0.29) is 53.4 Å². The predicted octanol–water partition coefficient (Wildman–Crippen LogP) is 3.88. The van der Waals surface area contributed by atoms with Crippen LogP contribution in [0.4, 0.5) is 4.39 Å². The molecule has 192 valence electrons. The molecular formula is C26H29ClFN3O5. The zero-order valence-corrected chi connectivity index (χ0v) is 20.4. The van der Waals surface area contributed by atoms with E-state index in [0.29, 0.717) is 6.61 Å². The van der Waals surface area contributed by atoms with Gasteiger partial charge in [-0.25, -0.2) is 9.07 Å². The molecule has 1 aliphatic carbocycles. The second-order valence-corrected chi connectivity index (χ2v) is 9.14. The number of ether oxygens (including phenoxy) is 2. The number of aliphatic hydroxyl groups excluding tert-OH is 1. The van der Waals surface area contributed by atoms with E-state index in [1.807, 2.05) is 30.3 Å². The molecule has 0 spiro atoms. The Morgan fingerprint density at radius 2 is 1.92 bits per heavy atom. The fraction of sp³-hybridized carbons (Fsp3) is 0.385. The monoisotopic (exact) mass is 517 g/mol. The number of benzene rings is 2. The summed E-state index contributed by atoms with van der Waals surface area (Å²) in [6.07, 6.45) is 1.69. The average Bonchev–Trinajstić information content (AvgIpc) is 3.28. The molecule has 2 atom stereocenters. The average molecular weight is 518 g/mol. The second-order valence-electron chi connectivity index (χ2n) is 8.73. The van der Waals surface area contributed by atoms with Crippen LogP contribution in [0, 0.1) is 5.82 Å². The van der Waals surface area contributed by atoms with Gasteiger partial charge in [-0.05, 0) is 24.5 Å². The van der Waals surface area contributed by atoms with Crippen molar-refractivity contribution >= 4 is 17.5 Å². The van der Waals surface area contributed by atoms with Gasteiger partial charge in [0.25, 0.3) is 0 Å². The Morgan fingerprint density at radius 3 is 2.69 bits per heavy atom. The summed E-state index contributed by atoms with van der Waals surface area (Å²) in [5, 5.41) is 26.1. The van der Waals surface area contributed by atoms with Gasteiger partial charge < -0.3 is 25.0 Å². The minimum absolute atomic E-state index is 0.0352. The lowest BCUT2D eigenvalue weighted by Crippen LogP contribution is -2.47. The summed E-state index contributed by atoms with van der Waals surface area (Å²) in [7, 11) is 0. The third-order valence-corrected chi connectivity index (χ3v) is 6.37. The second kappa shape index (κ2) is 12.3. The summed E-state index contributed by atoms with van der Waals surface area (Å²) in [6, 6.07) is 15.6. The number of amides is 1. The quantitative estimate of drug-likeness (QED) is 0.352. The Morgan fingerprint density at radius 1 is 1.14 bits per heavy atom. The molecule has 0 unspecified atom stereocenters. The lowest BCUT2D eigenvalue weighted by atomic mass is 9.92. The fourth-order valence-corrected chi connectivity index (χ4v) is 4.41. The van der Waals surface area contributed by atoms with Crippen molar-refractivity contribution in [2.24, 2.45) is 0 Å². The van der Waals surface area contributed by atoms with Gasteiger partial charge in [0, 0.05) is 11.6 Å². The van der Waals surface area contributed by atoms with Gasteiger partial charge >= 0.3 is 0 Å². The molecule has 0 bridgehead atoms. The van der Waals surface area contributed by atoms with Crippen LogP contribution in [0.3, 0.4) is 0 Å². The first-order valence-electron chi connectivity index (χ1n) is 11.8. The minimum atomic E-state index is -1.85. The van der Waals surface area contributed by atoms with Gasteiger partial charge in [-0.1, -0.05) is 66.9 Å². The molecule has 2 aromatic carbocycles. The summed E-state index contributed by atoms with van der Waals surface area (Å²) >= 11 is 5.83. The predicted molar refractivity (Wildman–Crippen MR) is 131 cm³/mol. The molecule has 0 saturated heterocycles. The zero-order chi connectivity index (χ0) is 25.5. The molecule has 0 aliphatic heterocycles. The Bertz CT molecular complexity index is 1160. The highest BCUT2D eigenvalue weighted by Gasteiger charge is 2.28. The maximum Gasteiger partial charge on any atom is 0.242 e. The third kappa shape index (κ3) is 6.82. The van der Waals surface area contributed by atoms with E-state index in [1.165, 1.54) is 22.9 Å². The first-order valence-corrected chi connectivity index (χ1v) is 12.2. The molecule has 3 aromatic rings. The molecule has 1 fully saturated rings. The van der Waals surface area contributed by atoms with E-state index in [0.717, 1.165) is 31.2 Å². The van der Waals surface area contributed by atoms with Gasteiger partial charge in [-0.3, -0.25) is 4.79 Å². The van der Waals surface area contributed by atoms with Gasteiger partial charge in [-0.2, -0.15) is 5.10 Å². The van der Waals surface area contributed by atoms with Crippen molar-refractivity contribution in [1.29, 1.82) is 0 Å². The summed E-state index contributed by atoms with van der Waals surface area (Å²) in [6.45, 7) is 0.0630. The number of aliphatic hydroxyl groups is 2. The number of hydrogen-bond donors (Lipinski definition) is 3. The Balaban J connectivity index is 1.40. The lowest BCUT2D eigenvalue weighted by Gasteiger charge is -2.32. The van der Waals surface area contributed by atoms with Gasteiger partial charge in [-0.15, -0.1) is 0 Å². The number of hydrogen-bond acceptors (Lipinski definition) is 6. The van der Waals surface area contributed by atoms with Crippen LogP contribution in [-0.2, 0) is 29.3 Å². The molecule has 1 saturated carbocycles. The molecule has 1 aromatic heterocycles. The molecule has 10 heteroatoms. The van der Waals surface area contributed by atoms with E-state index in [2.05, 4.69) is 10.4 Å². The van der Waals surface area contributed by atoms with Crippen LogP contribution in [0.5, 0.6) is 5.88 Å². The van der Waals surface area contributed by atoms with Gasteiger partial charge in [0.2, 0.25) is 11.8 Å². The van der Waals surface area contributed by atoms with Gasteiger partial charge in [0.1, 0.15) is 24.7 Å². The van der Waals surface area contributed by atoms with Crippen molar-refractivity contribution in [3.63, 3.8) is 0 Å². The van der Waals surface area contributed by atoms with E-state index in [1.54, 1.807) is 6.07 Å². The number of carbonyl (C=O) groups is 1. The number of nitrogens with one attached hydrogen (secondary N) is 1. The Labute approximate surface area is 213 Å². The van der Waals surface area contributed by atoms with E-state index < -0.39 is 12.1 Å². The van der Waals surface area contributed by atoms with Crippen LogP contribution < -0.4 is 10.1 Å². The molecule has 8 nitrogen and oxygen atoms in total. The maximum atomic E-state index is 14.2. The van der Waals surface area contributed by atoms with E-state index in [9.17, 15) is 19.4 Å². The van der Waals surface area contributed by atoms with E-state index in [4.69, 9.17) is 21.1 Å². The highest BCUT2D eigenvalue weighted by Crippen LogP contribution is 2.24. The van der Waals surface area contributed by atoms with Gasteiger partial charge in [0.15, 0.2) is 6.29 Å². The lowest BCUT2D eigenvalue weighted by molar-refractivity contribution is -0.124. The van der Waals surface area contributed by atoms with Crippen molar-refractivity contribution in [2.75, 3.05) is 0 Å². The highest BCUT2D eigenvalue weighted by molar-refractivity contribution is 6.30. The van der Waals surface area contributed by atoms with Crippen molar-refractivity contribution in [2.45, 2.75) is 63.9 Å². The SMILES string of the molecule is O=C(Cn1nc(C(O)O)cc1OCc1cccc(Cl)c1F)N[C@H]1CCCC[C@@H]1OCc1ccccc1. The van der Waals surface area contributed by atoms with Crippen molar-refractivity contribution < 1.29 is 28.9 Å². The number of aromatic nitrogens is 2. The van der Waals surface area contributed by atoms with Crippen LogP contribution in [0.15, 0.2) is 54.6 Å². The topological polar surface area (TPSA) is 106 Å². The largest absolute Gasteiger partial charge is 0.473 e. The highest BCUT2D eigenvalue weighted by atomic mass is 35.5. The van der Waals surface area contributed by atoms with Crippen LogP contribution >= 0.6 is 11.6 Å². The van der Waals surface area contributed by atoms with Gasteiger partial charge in [0.05, 0.1) is 23.8 Å². The molecule has 4 rings (SSSR count). The number of carbonyl (C=O) groups excluding carboxylic acids is 1. The Kier molecular flexibility index (Phi) is 8.93. The molecule has 1 amide bonds. The van der Waals surface area contributed by atoms with Crippen molar-refractivity contribution in [3.8, 4) is 5.88 Å². The summed E-state index contributed by atoms with van der Waals surface area (Å²) in [5.41, 5.74) is 1.19. The summed E-state index contributed by atoms with van der Waals surface area (Å²) in [5.74, 6) is -0.839. The molecule has 36 heavy (non-hydrogen) atoms. The first-order chi connectivity index (χ1) is 17.4. The third-order valence-electron chi connectivity index (χ3n) is 6.08. The van der Waals surface area contributed by atoms with Crippen LogP contribution in [0.1, 0.15) is 48.8 Å². The van der Waals surface area contributed by atoms with Crippen LogP contribution in [-0.4, -0.2) is 38.0 Å². The summed E-state index contributed by atoms with van der Waals surface area (Å²) < 4.78 is 27.2. The maximum absolute atomic E-state index is 14.2. The fourth-order valence-electron chi connectivity index (χ4n) is 4.21. The van der Waals surface area contributed by atoms with Crippen molar-refractivity contribution in [1.82, 2.24) is 15.1 Å². The summed E-state index contributed by atoms with van der Waals surface area (Å²) in [4.78, 5) is 12.9. The first kappa shape index (κ1) is 26.1. The van der Waals surface area contributed by atoms with Crippen molar-refractivity contribution in [3.05, 3.63) is 82.3 Å². The minimum Gasteiger partial charge on any atom is -0.473 e. The smallest absolute Gasteiger partial charge is 0.242 e. The van der Waals surface area contributed by atoms with E-state index >= 15 is 0 Å². The Hall–Kier alpha value is -2.98. The molecule has 1 aliphatic rings. The molecule has 3 N–H and O–H groups in total. The van der Waals surface area contributed by atoms with Crippen LogP contribution in [0.2, 0.25) is 5.02 Å². The molecule has 0 radical (unpaired) electrons. The number of nitrogens with zero attached hydrogens (tertiary/aromatic N) is 2.